The van der Waals surface area contributed by atoms with Crippen molar-refractivity contribution in [3.63, 3.8) is 0 Å². The lowest BCUT2D eigenvalue weighted by molar-refractivity contribution is 0.102. The summed E-state index contributed by atoms with van der Waals surface area (Å²) in [6, 6.07) is 21.1. The van der Waals surface area contributed by atoms with Gasteiger partial charge in [0.25, 0.3) is 5.91 Å². The Morgan fingerprint density at radius 1 is 0.926 bits per heavy atom. The van der Waals surface area contributed by atoms with Gasteiger partial charge in [-0.05, 0) is 49.4 Å². The fourth-order valence-corrected chi connectivity index (χ4v) is 3.23. The minimum Gasteiger partial charge on any atom is -0.338 e. The molecule has 0 radical (unpaired) electrons. The fraction of sp³-hybridized carbons (Fsp3) is 0.0455. The van der Waals surface area contributed by atoms with Gasteiger partial charge in [0, 0.05) is 22.2 Å². The number of carbonyl (C=O) groups is 1. The van der Waals surface area contributed by atoms with E-state index < -0.39 is 0 Å². The van der Waals surface area contributed by atoms with Crippen LogP contribution in [0, 0.1) is 6.92 Å². The van der Waals surface area contributed by atoms with Gasteiger partial charge in [0.1, 0.15) is 5.52 Å². The van der Waals surface area contributed by atoms with Crippen molar-refractivity contribution < 1.29 is 4.79 Å². The summed E-state index contributed by atoms with van der Waals surface area (Å²) < 4.78 is 0. The molecule has 0 aliphatic heterocycles. The molecule has 1 amide bonds. The van der Waals surface area contributed by atoms with Crippen molar-refractivity contribution in [3.05, 3.63) is 77.9 Å². The van der Waals surface area contributed by atoms with Crippen molar-refractivity contribution in [1.29, 1.82) is 0 Å². The number of benzene rings is 3. The van der Waals surface area contributed by atoms with Crippen LogP contribution in [0.5, 0.6) is 0 Å². The first-order chi connectivity index (χ1) is 13.2. The summed E-state index contributed by atoms with van der Waals surface area (Å²) >= 11 is 0. The van der Waals surface area contributed by atoms with Crippen LogP contribution in [0.25, 0.3) is 33.1 Å². The molecule has 0 saturated heterocycles. The Hall–Kier alpha value is -3.73. The Balaban J connectivity index is 1.59. The van der Waals surface area contributed by atoms with Crippen molar-refractivity contribution in [2.45, 2.75) is 6.92 Å². The summed E-state index contributed by atoms with van der Waals surface area (Å²) in [5.74, 6) is -0.149. The Labute approximate surface area is 155 Å². The van der Waals surface area contributed by atoms with Crippen LogP contribution in [-0.2, 0) is 0 Å². The summed E-state index contributed by atoms with van der Waals surface area (Å²) in [7, 11) is 0. The van der Waals surface area contributed by atoms with Crippen LogP contribution in [0.15, 0.2) is 66.7 Å². The van der Waals surface area contributed by atoms with Gasteiger partial charge in [-0.1, -0.05) is 29.8 Å². The largest absolute Gasteiger partial charge is 0.338 e. The van der Waals surface area contributed by atoms with Crippen molar-refractivity contribution >= 4 is 44.7 Å². The number of para-hydroxylation sites is 2. The number of hydrogen-bond acceptors (Lipinski definition) is 3. The Morgan fingerprint density at radius 3 is 2.44 bits per heavy atom. The molecule has 27 heavy (non-hydrogen) atoms. The lowest BCUT2D eigenvalue weighted by Crippen LogP contribution is -2.11. The third kappa shape index (κ3) is 2.69. The summed E-state index contributed by atoms with van der Waals surface area (Å²) in [5.41, 5.74) is 6.59. The Bertz CT molecular complexity index is 1320. The zero-order chi connectivity index (χ0) is 18.4. The maximum absolute atomic E-state index is 12.7. The molecule has 0 spiro atoms. The van der Waals surface area contributed by atoms with Crippen molar-refractivity contribution in [2.75, 3.05) is 5.32 Å². The van der Waals surface area contributed by atoms with E-state index in [0.29, 0.717) is 5.56 Å². The SMILES string of the molecule is Cc1ccc(NC(=O)c2ccc3[nH]c4nc5ccccc5nc4c3c2)cc1. The monoisotopic (exact) mass is 352 g/mol. The third-order valence-corrected chi connectivity index (χ3v) is 4.67. The third-order valence-electron chi connectivity index (χ3n) is 4.67. The van der Waals surface area contributed by atoms with Crippen LogP contribution in [0.3, 0.4) is 0 Å². The maximum Gasteiger partial charge on any atom is 0.255 e. The molecule has 5 aromatic rings. The standard InChI is InChI=1S/C22H16N4O/c1-13-6-9-15(10-7-13)23-22(27)14-8-11-17-16(12-14)20-21(25-17)26-19-5-3-2-4-18(19)24-20/h2-12H,1H3,(H,23,27)(H,25,26). The van der Waals surface area contributed by atoms with Crippen LogP contribution in [-0.4, -0.2) is 20.9 Å². The molecule has 2 aromatic heterocycles. The number of carbonyl (C=O) groups excluding carboxylic acids is 1. The number of hydrogen-bond donors (Lipinski definition) is 2. The van der Waals surface area contributed by atoms with E-state index in [2.05, 4.69) is 15.3 Å². The molecule has 5 heteroatoms. The number of aromatic nitrogens is 3. The number of H-pyrrole nitrogens is 1. The first kappa shape index (κ1) is 15.5. The van der Waals surface area contributed by atoms with E-state index in [1.54, 1.807) is 6.07 Å². The predicted octanol–water partition coefficient (Wildman–Crippen LogP) is 4.83. The van der Waals surface area contributed by atoms with E-state index in [9.17, 15) is 4.79 Å². The molecular formula is C22H16N4O. The molecule has 0 bridgehead atoms. The molecular weight excluding hydrogens is 336 g/mol. The van der Waals surface area contributed by atoms with Gasteiger partial charge in [0.15, 0.2) is 5.65 Å². The van der Waals surface area contributed by atoms with Gasteiger partial charge in [0.2, 0.25) is 0 Å². The quantitative estimate of drug-likeness (QED) is 0.478. The number of fused-ring (bicyclic) bond motifs is 4. The van der Waals surface area contributed by atoms with Crippen molar-refractivity contribution in [3.8, 4) is 0 Å². The van der Waals surface area contributed by atoms with Crippen LogP contribution < -0.4 is 5.32 Å². The topological polar surface area (TPSA) is 70.7 Å². The lowest BCUT2D eigenvalue weighted by Gasteiger charge is -2.06. The number of anilines is 1. The zero-order valence-corrected chi connectivity index (χ0v) is 14.7. The second-order valence-corrected chi connectivity index (χ2v) is 6.62. The molecule has 3 aromatic carbocycles. The smallest absolute Gasteiger partial charge is 0.255 e. The first-order valence-corrected chi connectivity index (χ1v) is 8.74. The molecule has 130 valence electrons. The Morgan fingerprint density at radius 2 is 1.67 bits per heavy atom. The molecule has 5 nitrogen and oxygen atoms in total. The average molecular weight is 352 g/mol. The van der Waals surface area contributed by atoms with E-state index >= 15 is 0 Å². The number of nitrogens with zero attached hydrogens (tertiary/aromatic N) is 2. The summed E-state index contributed by atoms with van der Waals surface area (Å²) in [5, 5.41) is 3.82. The average Bonchev–Trinajstić information content (AvgIpc) is 3.04. The van der Waals surface area contributed by atoms with Crippen molar-refractivity contribution in [1.82, 2.24) is 15.0 Å². The van der Waals surface area contributed by atoms with Gasteiger partial charge in [-0.3, -0.25) is 4.79 Å². The highest BCUT2D eigenvalue weighted by Gasteiger charge is 2.12. The summed E-state index contributed by atoms with van der Waals surface area (Å²) in [6.45, 7) is 2.02. The summed E-state index contributed by atoms with van der Waals surface area (Å²) in [4.78, 5) is 25.3. The van der Waals surface area contributed by atoms with Crippen LogP contribution in [0.2, 0.25) is 0 Å². The minimum atomic E-state index is -0.149. The van der Waals surface area contributed by atoms with E-state index in [4.69, 9.17) is 4.98 Å². The van der Waals surface area contributed by atoms with E-state index in [0.717, 1.165) is 44.4 Å². The molecule has 0 unspecified atom stereocenters. The molecule has 0 aliphatic carbocycles. The maximum atomic E-state index is 12.7. The fourth-order valence-electron chi connectivity index (χ4n) is 3.23. The lowest BCUT2D eigenvalue weighted by atomic mass is 10.1. The molecule has 5 rings (SSSR count). The second-order valence-electron chi connectivity index (χ2n) is 6.62. The molecule has 0 fully saturated rings. The van der Waals surface area contributed by atoms with Crippen LogP contribution in [0.1, 0.15) is 15.9 Å². The predicted molar refractivity (Wildman–Crippen MR) is 108 cm³/mol. The van der Waals surface area contributed by atoms with Crippen molar-refractivity contribution in [2.24, 2.45) is 0 Å². The molecule has 0 saturated carbocycles. The van der Waals surface area contributed by atoms with Gasteiger partial charge in [-0.2, -0.15) is 0 Å². The number of amides is 1. The Kier molecular flexibility index (Phi) is 3.40. The minimum absolute atomic E-state index is 0.149. The molecule has 2 N–H and O–H groups in total. The number of nitrogens with one attached hydrogen (secondary N) is 2. The second kappa shape index (κ2) is 5.92. The first-order valence-electron chi connectivity index (χ1n) is 8.74. The highest BCUT2D eigenvalue weighted by atomic mass is 16.1. The van der Waals surface area contributed by atoms with Crippen LogP contribution >= 0.6 is 0 Å². The van der Waals surface area contributed by atoms with Gasteiger partial charge in [0.05, 0.1) is 11.0 Å². The highest BCUT2D eigenvalue weighted by Crippen LogP contribution is 2.26. The highest BCUT2D eigenvalue weighted by molar-refractivity contribution is 6.11. The number of rotatable bonds is 2. The normalized spacial score (nSPS) is 11.3. The summed E-state index contributed by atoms with van der Waals surface area (Å²) in [6.07, 6.45) is 0. The van der Waals surface area contributed by atoms with Gasteiger partial charge in [-0.15, -0.1) is 0 Å². The molecule has 0 aliphatic rings. The molecule has 2 heterocycles. The zero-order valence-electron chi connectivity index (χ0n) is 14.7. The molecule has 0 atom stereocenters. The van der Waals surface area contributed by atoms with Crippen LogP contribution in [0.4, 0.5) is 5.69 Å². The van der Waals surface area contributed by atoms with Gasteiger partial charge >= 0.3 is 0 Å². The number of aromatic amines is 1. The number of aryl methyl sites for hydroxylation is 1. The van der Waals surface area contributed by atoms with E-state index in [1.165, 1.54) is 0 Å². The van der Waals surface area contributed by atoms with Gasteiger partial charge < -0.3 is 10.3 Å². The van der Waals surface area contributed by atoms with Gasteiger partial charge in [-0.25, -0.2) is 9.97 Å². The van der Waals surface area contributed by atoms with E-state index in [1.807, 2.05) is 67.6 Å². The van der Waals surface area contributed by atoms with E-state index in [-0.39, 0.29) is 5.91 Å².